The van der Waals surface area contributed by atoms with Crippen LogP contribution in [0.2, 0.25) is 0 Å². The van der Waals surface area contributed by atoms with Crippen molar-refractivity contribution < 1.29 is 4.79 Å². The minimum Gasteiger partial charge on any atom is -0.352 e. The zero-order chi connectivity index (χ0) is 12.1. The van der Waals surface area contributed by atoms with Crippen molar-refractivity contribution in [2.45, 2.75) is 57.0 Å². The predicted molar refractivity (Wildman–Crippen MR) is 70.0 cm³/mol. The van der Waals surface area contributed by atoms with Crippen LogP contribution in [0.5, 0.6) is 0 Å². The normalized spacial score (nSPS) is 45.2. The van der Waals surface area contributed by atoms with Crippen LogP contribution >= 0.6 is 0 Å². The second-order valence-corrected chi connectivity index (χ2v) is 7.18. The highest BCUT2D eigenvalue weighted by atomic mass is 16.2. The Morgan fingerprint density at radius 1 is 0.944 bits per heavy atom. The third-order valence-electron chi connectivity index (χ3n) is 5.67. The van der Waals surface area contributed by atoms with Crippen molar-refractivity contribution in [3.8, 4) is 0 Å². The molecule has 1 amide bonds. The lowest BCUT2D eigenvalue weighted by atomic mass is 9.54. The second-order valence-electron chi connectivity index (χ2n) is 7.18. The molecule has 5 saturated carbocycles. The SMILES string of the molecule is O=C(CNC1C2CC3CC(C2)CC1C3)NC1CC1. The van der Waals surface area contributed by atoms with Crippen molar-refractivity contribution in [3.63, 3.8) is 0 Å². The smallest absolute Gasteiger partial charge is 0.234 e. The summed E-state index contributed by atoms with van der Waals surface area (Å²) in [6.45, 7) is 0.545. The van der Waals surface area contributed by atoms with E-state index in [4.69, 9.17) is 0 Å². The Hall–Kier alpha value is -0.570. The lowest BCUT2D eigenvalue weighted by molar-refractivity contribution is -0.121. The van der Waals surface area contributed by atoms with Crippen molar-refractivity contribution in [2.24, 2.45) is 23.7 Å². The minimum atomic E-state index is 0.214. The molecule has 5 rings (SSSR count). The highest BCUT2D eigenvalue weighted by Crippen LogP contribution is 2.53. The average molecular weight is 248 g/mol. The molecule has 0 atom stereocenters. The summed E-state index contributed by atoms with van der Waals surface area (Å²) in [5.41, 5.74) is 0. The van der Waals surface area contributed by atoms with Crippen LogP contribution in [0.1, 0.15) is 44.9 Å². The molecule has 0 heterocycles. The van der Waals surface area contributed by atoms with Crippen molar-refractivity contribution in [1.29, 1.82) is 0 Å². The highest BCUT2D eigenvalue weighted by Gasteiger charge is 2.47. The molecule has 0 saturated heterocycles. The van der Waals surface area contributed by atoms with Crippen LogP contribution in [0.3, 0.4) is 0 Å². The van der Waals surface area contributed by atoms with Crippen LogP contribution in [0.4, 0.5) is 0 Å². The first-order chi connectivity index (χ1) is 8.78. The maximum atomic E-state index is 11.8. The van der Waals surface area contributed by atoms with Gasteiger partial charge in [0.15, 0.2) is 0 Å². The van der Waals surface area contributed by atoms with Crippen LogP contribution in [0.25, 0.3) is 0 Å². The predicted octanol–water partition coefficient (Wildman–Crippen LogP) is 1.68. The molecule has 5 fully saturated rings. The maximum Gasteiger partial charge on any atom is 0.234 e. The Bertz CT molecular complexity index is 322. The fourth-order valence-corrected chi connectivity index (χ4v) is 4.98. The third-order valence-corrected chi connectivity index (χ3v) is 5.67. The van der Waals surface area contributed by atoms with Gasteiger partial charge in [0.2, 0.25) is 5.91 Å². The summed E-state index contributed by atoms with van der Waals surface area (Å²) in [6.07, 6.45) is 9.57. The molecule has 0 aromatic rings. The van der Waals surface area contributed by atoms with Gasteiger partial charge in [0, 0.05) is 12.1 Å². The van der Waals surface area contributed by atoms with Gasteiger partial charge in [-0.3, -0.25) is 4.79 Å². The molecule has 4 bridgehead atoms. The van der Waals surface area contributed by atoms with Gasteiger partial charge in [-0.1, -0.05) is 0 Å². The molecular weight excluding hydrogens is 224 g/mol. The summed E-state index contributed by atoms with van der Waals surface area (Å²) >= 11 is 0. The van der Waals surface area contributed by atoms with E-state index in [1.54, 1.807) is 0 Å². The van der Waals surface area contributed by atoms with Crippen LogP contribution in [-0.4, -0.2) is 24.5 Å². The fourth-order valence-electron chi connectivity index (χ4n) is 4.98. The van der Waals surface area contributed by atoms with E-state index < -0.39 is 0 Å². The molecule has 3 heteroatoms. The molecule has 0 spiro atoms. The number of carbonyl (C=O) groups is 1. The number of hydrogen-bond donors (Lipinski definition) is 2. The zero-order valence-electron chi connectivity index (χ0n) is 11.0. The first-order valence-electron chi connectivity index (χ1n) is 7.80. The van der Waals surface area contributed by atoms with Gasteiger partial charge < -0.3 is 10.6 Å². The number of rotatable bonds is 4. The molecule has 3 nitrogen and oxygen atoms in total. The molecule has 2 N–H and O–H groups in total. The van der Waals surface area contributed by atoms with E-state index in [1.807, 2.05) is 0 Å². The number of nitrogens with one attached hydrogen (secondary N) is 2. The molecule has 5 aliphatic carbocycles. The maximum absolute atomic E-state index is 11.8. The standard InChI is InChI=1S/C15H24N2O/c18-14(17-13-1-2-13)8-16-15-11-4-9-3-10(6-11)7-12(15)5-9/h9-13,15-16H,1-8H2,(H,17,18). The summed E-state index contributed by atoms with van der Waals surface area (Å²) in [6, 6.07) is 1.14. The Morgan fingerprint density at radius 2 is 1.56 bits per heavy atom. The van der Waals surface area contributed by atoms with Gasteiger partial charge >= 0.3 is 0 Å². The van der Waals surface area contributed by atoms with E-state index in [0.717, 1.165) is 23.7 Å². The molecule has 0 aromatic heterocycles. The number of amides is 1. The Labute approximate surface area is 109 Å². The Morgan fingerprint density at radius 3 is 2.11 bits per heavy atom. The van der Waals surface area contributed by atoms with E-state index in [-0.39, 0.29) is 5.91 Å². The summed E-state index contributed by atoms with van der Waals surface area (Å²) in [5.74, 6) is 3.99. The van der Waals surface area contributed by atoms with Gasteiger partial charge in [-0.2, -0.15) is 0 Å². The van der Waals surface area contributed by atoms with Crippen molar-refractivity contribution in [1.82, 2.24) is 10.6 Å². The summed E-state index contributed by atoms with van der Waals surface area (Å²) in [4.78, 5) is 11.8. The molecule has 0 unspecified atom stereocenters. The Balaban J connectivity index is 1.32. The minimum absolute atomic E-state index is 0.214. The average Bonchev–Trinajstić information content (AvgIpc) is 3.11. The number of hydrogen-bond acceptors (Lipinski definition) is 2. The molecule has 0 aromatic carbocycles. The summed E-state index contributed by atoms with van der Waals surface area (Å²) < 4.78 is 0. The summed E-state index contributed by atoms with van der Waals surface area (Å²) in [5, 5.41) is 6.66. The molecule has 5 aliphatic rings. The summed E-state index contributed by atoms with van der Waals surface area (Å²) in [7, 11) is 0. The van der Waals surface area contributed by atoms with E-state index in [9.17, 15) is 4.79 Å². The lowest BCUT2D eigenvalue weighted by Crippen LogP contribution is -2.56. The second kappa shape index (κ2) is 4.22. The molecule has 100 valence electrons. The third kappa shape index (κ3) is 2.07. The molecule has 18 heavy (non-hydrogen) atoms. The zero-order valence-corrected chi connectivity index (χ0v) is 11.0. The van der Waals surface area contributed by atoms with E-state index >= 15 is 0 Å². The van der Waals surface area contributed by atoms with E-state index in [1.165, 1.54) is 44.9 Å². The molecular formula is C15H24N2O. The van der Waals surface area contributed by atoms with Gasteiger partial charge in [-0.15, -0.1) is 0 Å². The van der Waals surface area contributed by atoms with Crippen molar-refractivity contribution in [2.75, 3.05) is 6.54 Å². The van der Waals surface area contributed by atoms with Gasteiger partial charge in [0.05, 0.1) is 6.54 Å². The van der Waals surface area contributed by atoms with Gasteiger partial charge in [0.1, 0.15) is 0 Å². The van der Waals surface area contributed by atoms with Crippen LogP contribution in [0, 0.1) is 23.7 Å². The molecule has 0 radical (unpaired) electrons. The monoisotopic (exact) mass is 248 g/mol. The van der Waals surface area contributed by atoms with Gasteiger partial charge in [-0.05, 0) is 68.6 Å². The first-order valence-corrected chi connectivity index (χ1v) is 7.80. The van der Waals surface area contributed by atoms with Crippen LogP contribution in [-0.2, 0) is 4.79 Å². The quantitative estimate of drug-likeness (QED) is 0.795. The van der Waals surface area contributed by atoms with Gasteiger partial charge in [-0.25, -0.2) is 0 Å². The van der Waals surface area contributed by atoms with Crippen LogP contribution in [0.15, 0.2) is 0 Å². The first kappa shape index (κ1) is 11.3. The van der Waals surface area contributed by atoms with Crippen LogP contribution < -0.4 is 10.6 Å². The fraction of sp³-hybridized carbons (Fsp3) is 0.933. The van der Waals surface area contributed by atoms with E-state index in [2.05, 4.69) is 10.6 Å². The largest absolute Gasteiger partial charge is 0.352 e. The van der Waals surface area contributed by atoms with Crippen molar-refractivity contribution >= 4 is 5.91 Å². The van der Waals surface area contributed by atoms with E-state index in [0.29, 0.717) is 18.6 Å². The Kier molecular flexibility index (Phi) is 2.65. The topological polar surface area (TPSA) is 41.1 Å². The van der Waals surface area contributed by atoms with Crippen molar-refractivity contribution in [3.05, 3.63) is 0 Å². The highest BCUT2D eigenvalue weighted by molar-refractivity contribution is 5.78. The van der Waals surface area contributed by atoms with Gasteiger partial charge in [0.25, 0.3) is 0 Å². The number of carbonyl (C=O) groups excluding carboxylic acids is 1. The molecule has 0 aliphatic heterocycles. The lowest BCUT2D eigenvalue weighted by Gasteiger charge is -2.54.